The quantitative estimate of drug-likeness (QED) is 0.609. The molecule has 1 N–H and O–H groups in total. The first kappa shape index (κ1) is 21.2. The second-order valence-corrected chi connectivity index (χ2v) is 7.25. The van der Waals surface area contributed by atoms with Crippen LogP contribution in [0.1, 0.15) is 22.8 Å². The maximum atomic E-state index is 12.9. The number of carbonyl (C=O) groups excluding carboxylic acids is 1. The summed E-state index contributed by atoms with van der Waals surface area (Å²) in [5.41, 5.74) is 2.65. The highest BCUT2D eigenvalue weighted by Crippen LogP contribution is 2.38. The van der Waals surface area contributed by atoms with Gasteiger partial charge in [0.05, 0.1) is 19.8 Å². The van der Waals surface area contributed by atoms with E-state index in [0.717, 1.165) is 23.6 Å². The molecule has 7 nitrogen and oxygen atoms in total. The second kappa shape index (κ2) is 9.01. The Morgan fingerprint density at radius 3 is 2.53 bits per heavy atom. The number of rotatable bonds is 5. The lowest BCUT2D eigenvalue weighted by Gasteiger charge is -2.20. The molecule has 0 bridgehead atoms. The van der Waals surface area contributed by atoms with E-state index in [9.17, 15) is 4.79 Å². The number of anilines is 1. The smallest absolute Gasteiger partial charge is 0.255 e. The SMILES string of the molecule is CCN(C)C1=Nc2ccccc2Oc2ccc(NC(=O)c3ccc(OC)c(OC)c3)cc21. The number of para-hydroxylation sites is 2. The Morgan fingerprint density at radius 1 is 1.00 bits per heavy atom. The lowest BCUT2D eigenvalue weighted by Crippen LogP contribution is -2.27. The molecule has 1 amide bonds. The van der Waals surface area contributed by atoms with Crippen molar-refractivity contribution in [3.63, 3.8) is 0 Å². The molecule has 3 aromatic carbocycles. The highest BCUT2D eigenvalue weighted by molar-refractivity contribution is 6.07. The number of ether oxygens (including phenoxy) is 3. The number of aliphatic imine (C=N–C) groups is 1. The van der Waals surface area contributed by atoms with Gasteiger partial charge in [0.2, 0.25) is 0 Å². The molecule has 0 unspecified atom stereocenters. The highest BCUT2D eigenvalue weighted by atomic mass is 16.5. The molecule has 0 aromatic heterocycles. The van der Waals surface area contributed by atoms with E-state index < -0.39 is 0 Å². The predicted molar refractivity (Wildman–Crippen MR) is 125 cm³/mol. The van der Waals surface area contributed by atoms with Crippen molar-refractivity contribution in [2.45, 2.75) is 6.92 Å². The number of benzene rings is 3. The summed E-state index contributed by atoms with van der Waals surface area (Å²) in [4.78, 5) is 19.8. The van der Waals surface area contributed by atoms with Crippen LogP contribution in [0.4, 0.5) is 11.4 Å². The van der Waals surface area contributed by atoms with Crippen molar-refractivity contribution in [1.29, 1.82) is 0 Å². The van der Waals surface area contributed by atoms with Crippen molar-refractivity contribution < 1.29 is 19.0 Å². The van der Waals surface area contributed by atoms with Gasteiger partial charge in [-0.3, -0.25) is 4.79 Å². The molecular weight excluding hydrogens is 406 g/mol. The molecule has 3 aromatic rings. The van der Waals surface area contributed by atoms with Crippen molar-refractivity contribution in [2.75, 3.05) is 33.1 Å². The van der Waals surface area contributed by atoms with Crippen molar-refractivity contribution in [2.24, 2.45) is 4.99 Å². The Kier molecular flexibility index (Phi) is 5.98. The van der Waals surface area contributed by atoms with Gasteiger partial charge in [0.1, 0.15) is 17.3 Å². The van der Waals surface area contributed by atoms with Gasteiger partial charge in [0, 0.05) is 24.8 Å². The zero-order chi connectivity index (χ0) is 22.7. The minimum atomic E-state index is -0.258. The molecule has 32 heavy (non-hydrogen) atoms. The molecular formula is C25H25N3O4. The van der Waals surface area contributed by atoms with Crippen LogP contribution < -0.4 is 19.5 Å². The zero-order valence-corrected chi connectivity index (χ0v) is 18.5. The predicted octanol–water partition coefficient (Wildman–Crippen LogP) is 5.09. The summed E-state index contributed by atoms with van der Waals surface area (Å²) in [7, 11) is 5.07. The van der Waals surface area contributed by atoms with Crippen molar-refractivity contribution in [1.82, 2.24) is 4.90 Å². The van der Waals surface area contributed by atoms with Gasteiger partial charge in [0.25, 0.3) is 5.91 Å². The minimum absolute atomic E-state index is 0.258. The Labute approximate surface area is 187 Å². The molecule has 4 rings (SSSR count). The number of hydrogen-bond acceptors (Lipinski definition) is 6. The Balaban J connectivity index is 1.68. The molecule has 1 aliphatic rings. The number of hydrogen-bond donors (Lipinski definition) is 1. The highest BCUT2D eigenvalue weighted by Gasteiger charge is 2.21. The summed E-state index contributed by atoms with van der Waals surface area (Å²) in [5, 5.41) is 2.95. The fourth-order valence-electron chi connectivity index (χ4n) is 3.42. The number of nitrogens with one attached hydrogen (secondary N) is 1. The van der Waals surface area contributed by atoms with Gasteiger partial charge in [-0.05, 0) is 55.5 Å². The molecule has 0 fully saturated rings. The Morgan fingerprint density at radius 2 is 1.78 bits per heavy atom. The number of methoxy groups -OCH3 is 2. The summed E-state index contributed by atoms with van der Waals surface area (Å²) in [6.07, 6.45) is 0. The van der Waals surface area contributed by atoms with Crippen molar-refractivity contribution in [3.05, 3.63) is 71.8 Å². The average Bonchev–Trinajstić information content (AvgIpc) is 2.99. The van der Waals surface area contributed by atoms with Gasteiger partial charge in [-0.1, -0.05) is 12.1 Å². The fourth-order valence-corrected chi connectivity index (χ4v) is 3.42. The van der Waals surface area contributed by atoms with Gasteiger partial charge < -0.3 is 24.4 Å². The third-order valence-corrected chi connectivity index (χ3v) is 5.27. The van der Waals surface area contributed by atoms with Crippen LogP contribution in [-0.4, -0.2) is 44.5 Å². The van der Waals surface area contributed by atoms with Crippen molar-refractivity contribution in [3.8, 4) is 23.0 Å². The van der Waals surface area contributed by atoms with Crippen LogP contribution in [0.15, 0.2) is 65.7 Å². The molecule has 0 saturated heterocycles. The first-order chi connectivity index (χ1) is 15.5. The molecule has 1 aliphatic heterocycles. The van der Waals surface area contributed by atoms with E-state index in [1.54, 1.807) is 25.3 Å². The third kappa shape index (κ3) is 4.09. The lowest BCUT2D eigenvalue weighted by atomic mass is 10.1. The maximum Gasteiger partial charge on any atom is 0.255 e. The molecule has 0 saturated carbocycles. The van der Waals surface area contributed by atoms with Crippen LogP contribution in [0.25, 0.3) is 0 Å². The van der Waals surface area contributed by atoms with Crippen LogP contribution in [0, 0.1) is 0 Å². The van der Waals surface area contributed by atoms with Gasteiger partial charge in [-0.25, -0.2) is 4.99 Å². The van der Waals surface area contributed by atoms with Gasteiger partial charge in [0.15, 0.2) is 17.2 Å². The average molecular weight is 431 g/mol. The topological polar surface area (TPSA) is 72.4 Å². The number of carbonyl (C=O) groups is 1. The number of fused-ring (bicyclic) bond motifs is 2. The molecule has 1 heterocycles. The number of amides is 1. The third-order valence-electron chi connectivity index (χ3n) is 5.27. The van der Waals surface area contributed by atoms with E-state index in [2.05, 4.69) is 12.2 Å². The van der Waals surface area contributed by atoms with Crippen LogP contribution in [0.3, 0.4) is 0 Å². The molecule has 7 heteroatoms. The largest absolute Gasteiger partial charge is 0.493 e. The van der Waals surface area contributed by atoms with Crippen LogP contribution in [0.5, 0.6) is 23.0 Å². The maximum absolute atomic E-state index is 12.9. The van der Waals surface area contributed by atoms with E-state index >= 15 is 0 Å². The van der Waals surface area contributed by atoms with Crippen molar-refractivity contribution >= 4 is 23.1 Å². The van der Waals surface area contributed by atoms with Crippen LogP contribution in [-0.2, 0) is 0 Å². The summed E-state index contributed by atoms with van der Waals surface area (Å²) in [5.74, 6) is 2.94. The second-order valence-electron chi connectivity index (χ2n) is 7.25. The Bertz CT molecular complexity index is 1190. The Hall–Kier alpha value is -4.00. The lowest BCUT2D eigenvalue weighted by molar-refractivity contribution is 0.102. The fraction of sp³-hybridized carbons (Fsp3) is 0.200. The first-order valence-corrected chi connectivity index (χ1v) is 10.3. The van der Waals surface area contributed by atoms with E-state index in [-0.39, 0.29) is 5.91 Å². The van der Waals surface area contributed by atoms with Gasteiger partial charge >= 0.3 is 0 Å². The normalized spacial score (nSPS) is 11.8. The van der Waals surface area contributed by atoms with E-state index in [1.807, 2.05) is 54.4 Å². The summed E-state index contributed by atoms with van der Waals surface area (Å²) >= 11 is 0. The van der Waals surface area contributed by atoms with Crippen LogP contribution >= 0.6 is 0 Å². The van der Waals surface area contributed by atoms with E-state index in [0.29, 0.717) is 34.2 Å². The molecule has 0 atom stereocenters. The molecule has 0 spiro atoms. The van der Waals surface area contributed by atoms with Gasteiger partial charge in [-0.15, -0.1) is 0 Å². The number of nitrogens with zero attached hydrogens (tertiary/aromatic N) is 2. The standard InChI is InChI=1S/C25H25N3O4/c1-5-28(2)24-18-15-17(11-13-20(18)32-21-9-7-6-8-19(21)27-24)26-25(29)16-10-12-22(30-3)23(14-16)31-4/h6-15H,5H2,1-4H3,(H,26,29). The van der Waals surface area contributed by atoms with E-state index in [4.69, 9.17) is 19.2 Å². The van der Waals surface area contributed by atoms with Crippen LogP contribution in [0.2, 0.25) is 0 Å². The summed E-state index contributed by atoms with van der Waals surface area (Å²) < 4.78 is 16.7. The zero-order valence-electron chi connectivity index (χ0n) is 18.5. The molecule has 164 valence electrons. The molecule has 0 radical (unpaired) electrons. The summed E-state index contributed by atoms with van der Waals surface area (Å²) in [6.45, 7) is 2.82. The summed E-state index contributed by atoms with van der Waals surface area (Å²) in [6, 6.07) is 18.2. The van der Waals surface area contributed by atoms with Gasteiger partial charge in [-0.2, -0.15) is 0 Å². The van der Waals surface area contributed by atoms with E-state index in [1.165, 1.54) is 7.11 Å². The first-order valence-electron chi connectivity index (χ1n) is 10.3. The monoisotopic (exact) mass is 431 g/mol. The minimum Gasteiger partial charge on any atom is -0.493 e. The number of amidine groups is 1. The molecule has 0 aliphatic carbocycles.